The van der Waals surface area contributed by atoms with Crippen molar-refractivity contribution >= 4 is 23.2 Å². The predicted octanol–water partition coefficient (Wildman–Crippen LogP) is 3.86. The fourth-order valence-corrected chi connectivity index (χ4v) is 3.06. The lowest BCUT2D eigenvalue weighted by Gasteiger charge is -2.24. The summed E-state index contributed by atoms with van der Waals surface area (Å²) in [7, 11) is 1.92. The smallest absolute Gasteiger partial charge is 0.238 e. The Morgan fingerprint density at radius 3 is 2.63 bits per heavy atom. The van der Waals surface area contributed by atoms with E-state index in [2.05, 4.69) is 22.3 Å². The molecule has 0 spiro atoms. The van der Waals surface area contributed by atoms with Gasteiger partial charge in [-0.1, -0.05) is 29.8 Å². The number of carbonyl (C=O) groups is 1. The maximum absolute atomic E-state index is 12.4. The minimum absolute atomic E-state index is 0.0778. The van der Waals surface area contributed by atoms with Crippen molar-refractivity contribution in [2.45, 2.75) is 19.9 Å². The number of aryl methyl sites for hydroxylation is 1. The molecule has 3 aromatic rings. The van der Waals surface area contributed by atoms with Crippen LogP contribution in [0.1, 0.15) is 24.1 Å². The van der Waals surface area contributed by atoms with E-state index in [0.29, 0.717) is 10.7 Å². The van der Waals surface area contributed by atoms with E-state index in [0.717, 1.165) is 16.8 Å². The molecule has 7 heteroatoms. The number of aromatic nitrogens is 3. The summed E-state index contributed by atoms with van der Waals surface area (Å²) in [6.07, 6.45) is 3.16. The molecule has 0 radical (unpaired) electrons. The number of anilines is 1. The Morgan fingerprint density at radius 2 is 2.00 bits per heavy atom. The second kappa shape index (κ2) is 8.33. The quantitative estimate of drug-likeness (QED) is 0.702. The van der Waals surface area contributed by atoms with Crippen molar-refractivity contribution in [3.05, 3.63) is 71.3 Å². The Hall–Kier alpha value is -2.70. The number of hydrogen-bond donors (Lipinski definition) is 1. The first-order valence-corrected chi connectivity index (χ1v) is 9.03. The van der Waals surface area contributed by atoms with Crippen LogP contribution in [0.3, 0.4) is 0 Å². The first-order valence-electron chi connectivity index (χ1n) is 8.65. The molecule has 0 saturated carbocycles. The van der Waals surface area contributed by atoms with Gasteiger partial charge in [-0.15, -0.1) is 0 Å². The van der Waals surface area contributed by atoms with E-state index in [1.54, 1.807) is 11.0 Å². The zero-order valence-corrected chi connectivity index (χ0v) is 16.3. The van der Waals surface area contributed by atoms with Gasteiger partial charge in [-0.25, -0.2) is 9.67 Å². The number of hydrogen-bond acceptors (Lipinski definition) is 4. The van der Waals surface area contributed by atoms with Crippen LogP contribution in [0.15, 0.2) is 55.1 Å². The van der Waals surface area contributed by atoms with Crippen LogP contribution in [0.25, 0.3) is 5.69 Å². The van der Waals surface area contributed by atoms with Gasteiger partial charge in [-0.3, -0.25) is 9.69 Å². The third kappa shape index (κ3) is 4.72. The van der Waals surface area contributed by atoms with Gasteiger partial charge in [0.1, 0.15) is 12.7 Å². The summed E-state index contributed by atoms with van der Waals surface area (Å²) >= 11 is 6.19. The van der Waals surface area contributed by atoms with Crippen LogP contribution in [0, 0.1) is 6.92 Å². The van der Waals surface area contributed by atoms with Gasteiger partial charge >= 0.3 is 0 Å². The zero-order chi connectivity index (χ0) is 19.4. The lowest BCUT2D eigenvalue weighted by Crippen LogP contribution is -2.32. The average Bonchev–Trinajstić information content (AvgIpc) is 3.18. The van der Waals surface area contributed by atoms with E-state index in [4.69, 9.17) is 11.6 Å². The maximum atomic E-state index is 12.4. The van der Waals surface area contributed by atoms with Crippen molar-refractivity contribution in [2.24, 2.45) is 0 Å². The molecule has 1 heterocycles. The summed E-state index contributed by atoms with van der Waals surface area (Å²) in [6.45, 7) is 4.29. The van der Waals surface area contributed by atoms with Gasteiger partial charge in [0.2, 0.25) is 5.91 Å². The molecule has 0 unspecified atom stereocenters. The first-order chi connectivity index (χ1) is 12.9. The fourth-order valence-electron chi connectivity index (χ4n) is 2.78. The monoisotopic (exact) mass is 383 g/mol. The fraction of sp³-hybridized carbons (Fsp3) is 0.250. The highest BCUT2D eigenvalue weighted by Crippen LogP contribution is 2.23. The van der Waals surface area contributed by atoms with Gasteiger partial charge in [0.25, 0.3) is 0 Å². The van der Waals surface area contributed by atoms with Crippen molar-refractivity contribution in [1.82, 2.24) is 19.7 Å². The van der Waals surface area contributed by atoms with E-state index in [1.165, 1.54) is 6.33 Å². The van der Waals surface area contributed by atoms with Gasteiger partial charge in [0.05, 0.1) is 22.9 Å². The van der Waals surface area contributed by atoms with Gasteiger partial charge in [0.15, 0.2) is 0 Å². The molecule has 0 fully saturated rings. The third-order valence-electron chi connectivity index (χ3n) is 4.51. The molecule has 1 amide bonds. The number of likely N-dealkylation sites (N-methyl/N-ethyl adjacent to an activating group) is 1. The number of amides is 1. The van der Waals surface area contributed by atoms with E-state index >= 15 is 0 Å². The topological polar surface area (TPSA) is 63.1 Å². The molecule has 2 aromatic carbocycles. The Morgan fingerprint density at radius 1 is 1.26 bits per heavy atom. The lowest BCUT2D eigenvalue weighted by atomic mass is 10.1. The molecule has 1 aromatic heterocycles. The number of nitrogens with one attached hydrogen (secondary N) is 1. The van der Waals surface area contributed by atoms with Crippen LogP contribution in [0.4, 0.5) is 5.69 Å². The summed E-state index contributed by atoms with van der Waals surface area (Å²) in [6, 6.07) is 13.7. The minimum Gasteiger partial charge on any atom is -0.324 e. The molecule has 0 aliphatic rings. The molecule has 1 N–H and O–H groups in total. The molecule has 0 aliphatic carbocycles. The van der Waals surface area contributed by atoms with Crippen molar-refractivity contribution in [3.63, 3.8) is 0 Å². The Kier molecular flexibility index (Phi) is 5.88. The van der Waals surface area contributed by atoms with E-state index in [-0.39, 0.29) is 18.5 Å². The number of benzene rings is 2. The lowest BCUT2D eigenvalue weighted by molar-refractivity contribution is -0.117. The minimum atomic E-state index is -0.102. The molecular weight excluding hydrogens is 362 g/mol. The number of rotatable bonds is 6. The van der Waals surface area contributed by atoms with Gasteiger partial charge in [-0.05, 0) is 56.3 Å². The van der Waals surface area contributed by atoms with Crippen LogP contribution < -0.4 is 5.32 Å². The summed E-state index contributed by atoms with van der Waals surface area (Å²) in [5.41, 5.74) is 3.74. The predicted molar refractivity (Wildman–Crippen MR) is 107 cm³/mol. The number of carbonyl (C=O) groups excluding carboxylic acids is 1. The molecule has 140 valence electrons. The van der Waals surface area contributed by atoms with Crippen LogP contribution >= 0.6 is 11.6 Å². The highest BCUT2D eigenvalue weighted by molar-refractivity contribution is 6.33. The largest absolute Gasteiger partial charge is 0.324 e. The molecule has 1 atom stereocenters. The van der Waals surface area contributed by atoms with Crippen LogP contribution in [0.5, 0.6) is 0 Å². The second-order valence-electron chi connectivity index (χ2n) is 6.55. The normalized spacial score (nSPS) is 12.2. The molecule has 27 heavy (non-hydrogen) atoms. The van der Waals surface area contributed by atoms with Gasteiger partial charge < -0.3 is 5.32 Å². The molecule has 0 aliphatic heterocycles. The van der Waals surface area contributed by atoms with Crippen molar-refractivity contribution in [1.29, 1.82) is 0 Å². The van der Waals surface area contributed by atoms with E-state index < -0.39 is 0 Å². The average molecular weight is 384 g/mol. The molecule has 3 rings (SSSR count). The van der Waals surface area contributed by atoms with Crippen molar-refractivity contribution in [3.8, 4) is 5.69 Å². The molecule has 0 bridgehead atoms. The maximum Gasteiger partial charge on any atom is 0.238 e. The second-order valence-corrected chi connectivity index (χ2v) is 6.96. The highest BCUT2D eigenvalue weighted by atomic mass is 35.5. The van der Waals surface area contributed by atoms with Crippen LogP contribution in [-0.4, -0.2) is 39.2 Å². The summed E-state index contributed by atoms with van der Waals surface area (Å²) in [5, 5.41) is 7.53. The van der Waals surface area contributed by atoms with Crippen LogP contribution in [-0.2, 0) is 4.79 Å². The SMILES string of the molecule is Cc1ccc(NC(=O)CN(C)[C@H](C)c2ccc(-n3cncn3)cc2)c(Cl)c1. The summed E-state index contributed by atoms with van der Waals surface area (Å²) in [5.74, 6) is -0.102. The zero-order valence-electron chi connectivity index (χ0n) is 15.6. The summed E-state index contributed by atoms with van der Waals surface area (Å²) in [4.78, 5) is 18.3. The van der Waals surface area contributed by atoms with E-state index in [9.17, 15) is 4.79 Å². The molecular formula is C20H22ClN5O. The summed E-state index contributed by atoms with van der Waals surface area (Å²) < 4.78 is 1.71. The van der Waals surface area contributed by atoms with E-state index in [1.807, 2.05) is 61.3 Å². The van der Waals surface area contributed by atoms with Crippen molar-refractivity contribution in [2.75, 3.05) is 18.9 Å². The Balaban J connectivity index is 1.61. The highest BCUT2D eigenvalue weighted by Gasteiger charge is 2.16. The Labute approximate surface area is 163 Å². The van der Waals surface area contributed by atoms with Crippen LogP contribution in [0.2, 0.25) is 5.02 Å². The third-order valence-corrected chi connectivity index (χ3v) is 4.82. The van der Waals surface area contributed by atoms with Crippen molar-refractivity contribution < 1.29 is 4.79 Å². The molecule has 6 nitrogen and oxygen atoms in total. The number of halogens is 1. The Bertz CT molecular complexity index is 909. The van der Waals surface area contributed by atoms with Gasteiger partial charge in [0, 0.05) is 6.04 Å². The number of nitrogens with zero attached hydrogens (tertiary/aromatic N) is 4. The standard InChI is InChI=1S/C20H22ClN5O/c1-14-4-9-19(18(21)10-14)24-20(27)11-25(3)15(2)16-5-7-17(8-6-16)26-13-22-12-23-26/h4-10,12-13,15H,11H2,1-3H3,(H,24,27)/t15-/m1/s1. The molecule has 0 saturated heterocycles. The van der Waals surface area contributed by atoms with Gasteiger partial charge in [-0.2, -0.15) is 5.10 Å². The first kappa shape index (κ1) is 19.1.